The fraction of sp³-hybridized carbons (Fsp3) is 0.286. The van der Waals surface area contributed by atoms with Crippen molar-refractivity contribution in [1.82, 2.24) is 9.88 Å². The van der Waals surface area contributed by atoms with Crippen molar-refractivity contribution in [1.29, 1.82) is 0 Å². The van der Waals surface area contributed by atoms with Gasteiger partial charge in [-0.05, 0) is 18.2 Å². The van der Waals surface area contributed by atoms with Gasteiger partial charge in [-0.2, -0.15) is 0 Å². The average Bonchev–Trinajstić information content (AvgIpc) is 3.07. The third-order valence-corrected chi connectivity index (χ3v) is 4.70. The minimum Gasteiger partial charge on any atom is -0.376 e. The quantitative estimate of drug-likeness (QED) is 0.753. The second-order valence-corrected chi connectivity index (χ2v) is 6.54. The highest BCUT2D eigenvalue weighted by Crippen LogP contribution is 2.22. The average molecular weight is 368 g/mol. The maximum atomic E-state index is 14.2. The molecule has 140 valence electrons. The largest absolute Gasteiger partial charge is 0.376 e. The van der Waals surface area contributed by atoms with E-state index in [2.05, 4.69) is 5.32 Å². The Hall–Kier alpha value is -2.70. The number of nitrogens with zero attached hydrogens (tertiary/aromatic N) is 1. The Morgan fingerprint density at radius 2 is 1.96 bits per heavy atom. The molecule has 1 amide bonds. The van der Waals surface area contributed by atoms with Crippen LogP contribution in [-0.2, 0) is 16.0 Å². The predicted molar refractivity (Wildman–Crippen MR) is 100 cm³/mol. The van der Waals surface area contributed by atoms with Crippen molar-refractivity contribution in [2.45, 2.75) is 12.6 Å². The normalized spacial score (nSPS) is 17.1. The molecule has 1 fully saturated rings. The van der Waals surface area contributed by atoms with Crippen LogP contribution >= 0.6 is 0 Å². The van der Waals surface area contributed by atoms with Crippen LogP contribution in [0.5, 0.6) is 0 Å². The van der Waals surface area contributed by atoms with E-state index in [1.807, 2.05) is 34.9 Å². The van der Waals surface area contributed by atoms with Crippen LogP contribution in [-0.4, -0.2) is 42.9 Å². The number of rotatable bonds is 5. The molecule has 27 heavy (non-hydrogen) atoms. The first kappa shape index (κ1) is 17.7. The Bertz CT molecular complexity index is 948. The van der Waals surface area contributed by atoms with Crippen molar-refractivity contribution >= 4 is 16.8 Å². The predicted octanol–water partition coefficient (Wildman–Crippen LogP) is 2.97. The SMILES string of the molecule is O=C(NCC1COCCO1)c1cc2ccccc2n1Cc1ccccc1F. The van der Waals surface area contributed by atoms with Crippen LogP contribution in [0.1, 0.15) is 16.1 Å². The highest BCUT2D eigenvalue weighted by Gasteiger charge is 2.19. The Kier molecular flexibility index (Phi) is 5.18. The number of hydrogen-bond acceptors (Lipinski definition) is 3. The van der Waals surface area contributed by atoms with Gasteiger partial charge < -0.3 is 19.4 Å². The summed E-state index contributed by atoms with van der Waals surface area (Å²) in [6.45, 7) is 2.25. The summed E-state index contributed by atoms with van der Waals surface area (Å²) in [5.41, 5.74) is 1.93. The molecule has 5 nitrogen and oxygen atoms in total. The highest BCUT2D eigenvalue weighted by molar-refractivity contribution is 5.98. The fourth-order valence-electron chi connectivity index (χ4n) is 3.32. The zero-order valence-corrected chi connectivity index (χ0v) is 14.9. The Morgan fingerprint density at radius 3 is 2.78 bits per heavy atom. The number of amides is 1. The molecule has 0 saturated carbocycles. The van der Waals surface area contributed by atoms with Crippen molar-refractivity contribution in [2.24, 2.45) is 0 Å². The van der Waals surface area contributed by atoms with Crippen LogP contribution in [0.4, 0.5) is 4.39 Å². The molecule has 1 unspecified atom stereocenters. The summed E-state index contributed by atoms with van der Waals surface area (Å²) < 4.78 is 26.9. The molecule has 4 rings (SSSR count). The molecule has 3 aromatic rings. The minimum atomic E-state index is -0.283. The summed E-state index contributed by atoms with van der Waals surface area (Å²) in [4.78, 5) is 12.8. The van der Waals surface area contributed by atoms with Crippen molar-refractivity contribution in [3.63, 3.8) is 0 Å². The van der Waals surface area contributed by atoms with E-state index in [9.17, 15) is 9.18 Å². The lowest BCUT2D eigenvalue weighted by Gasteiger charge is -2.23. The highest BCUT2D eigenvalue weighted by atomic mass is 19.1. The lowest BCUT2D eigenvalue weighted by atomic mass is 10.2. The Morgan fingerprint density at radius 1 is 1.15 bits per heavy atom. The van der Waals surface area contributed by atoms with Crippen LogP contribution in [0.25, 0.3) is 10.9 Å². The number of halogens is 1. The second kappa shape index (κ2) is 7.90. The monoisotopic (exact) mass is 368 g/mol. The molecule has 6 heteroatoms. The number of hydrogen-bond donors (Lipinski definition) is 1. The number of nitrogens with one attached hydrogen (secondary N) is 1. The molecule has 0 bridgehead atoms. The third kappa shape index (κ3) is 3.86. The van der Waals surface area contributed by atoms with Gasteiger partial charge in [-0.3, -0.25) is 4.79 Å². The van der Waals surface area contributed by atoms with E-state index in [1.165, 1.54) is 6.07 Å². The molecule has 2 aromatic carbocycles. The number of aromatic nitrogens is 1. The molecule has 0 aliphatic carbocycles. The molecule has 2 heterocycles. The number of carbonyl (C=O) groups is 1. The lowest BCUT2D eigenvalue weighted by molar-refractivity contribution is -0.0855. The standard InChI is InChI=1S/C21H21FN2O3/c22-18-7-3-1-6-16(18)13-24-19-8-4-2-5-15(19)11-20(24)21(25)23-12-17-14-26-9-10-27-17/h1-8,11,17H,9-10,12-14H2,(H,23,25). The Labute approximate surface area is 156 Å². The van der Waals surface area contributed by atoms with Gasteiger partial charge in [0.05, 0.1) is 32.5 Å². The van der Waals surface area contributed by atoms with E-state index in [4.69, 9.17) is 9.47 Å². The van der Waals surface area contributed by atoms with Crippen molar-refractivity contribution < 1.29 is 18.7 Å². The summed E-state index contributed by atoms with van der Waals surface area (Å²) in [7, 11) is 0. The van der Waals surface area contributed by atoms with Crippen LogP contribution in [0, 0.1) is 5.82 Å². The smallest absolute Gasteiger partial charge is 0.268 e. The maximum absolute atomic E-state index is 14.2. The van der Waals surface area contributed by atoms with E-state index < -0.39 is 0 Å². The first-order valence-electron chi connectivity index (χ1n) is 9.01. The summed E-state index contributed by atoms with van der Waals surface area (Å²) in [6.07, 6.45) is -0.146. The van der Waals surface area contributed by atoms with Gasteiger partial charge in [-0.15, -0.1) is 0 Å². The summed E-state index contributed by atoms with van der Waals surface area (Å²) in [5, 5.41) is 3.85. The van der Waals surface area contributed by atoms with Gasteiger partial charge in [0.2, 0.25) is 0 Å². The second-order valence-electron chi connectivity index (χ2n) is 6.54. The van der Waals surface area contributed by atoms with Gasteiger partial charge in [-0.25, -0.2) is 4.39 Å². The number of para-hydroxylation sites is 1. The summed E-state index contributed by atoms with van der Waals surface area (Å²) >= 11 is 0. The molecule has 1 saturated heterocycles. The van der Waals surface area contributed by atoms with Crippen LogP contribution in [0.2, 0.25) is 0 Å². The zero-order valence-electron chi connectivity index (χ0n) is 14.9. The van der Waals surface area contributed by atoms with E-state index >= 15 is 0 Å². The van der Waals surface area contributed by atoms with E-state index in [0.717, 1.165) is 10.9 Å². The van der Waals surface area contributed by atoms with Gasteiger partial charge in [0, 0.05) is 23.0 Å². The third-order valence-electron chi connectivity index (χ3n) is 4.70. The van der Waals surface area contributed by atoms with Crippen LogP contribution < -0.4 is 5.32 Å². The molecule has 1 N–H and O–H groups in total. The fourth-order valence-corrected chi connectivity index (χ4v) is 3.32. The van der Waals surface area contributed by atoms with Gasteiger partial charge in [0.1, 0.15) is 11.5 Å². The lowest BCUT2D eigenvalue weighted by Crippen LogP contribution is -2.40. The number of ether oxygens (including phenoxy) is 2. The number of carbonyl (C=O) groups excluding carboxylic acids is 1. The van der Waals surface area contributed by atoms with Crippen LogP contribution in [0.3, 0.4) is 0 Å². The molecular weight excluding hydrogens is 347 g/mol. The van der Waals surface area contributed by atoms with E-state index in [-0.39, 0.29) is 24.4 Å². The van der Waals surface area contributed by atoms with E-state index in [0.29, 0.717) is 37.6 Å². The van der Waals surface area contributed by atoms with Crippen molar-refractivity contribution in [3.8, 4) is 0 Å². The van der Waals surface area contributed by atoms with E-state index in [1.54, 1.807) is 18.2 Å². The van der Waals surface area contributed by atoms with Gasteiger partial charge >= 0.3 is 0 Å². The summed E-state index contributed by atoms with van der Waals surface area (Å²) in [6, 6.07) is 16.2. The number of benzene rings is 2. The minimum absolute atomic E-state index is 0.146. The Balaban J connectivity index is 1.61. The molecular formula is C21H21FN2O3. The maximum Gasteiger partial charge on any atom is 0.268 e. The van der Waals surface area contributed by atoms with Gasteiger partial charge in [0.25, 0.3) is 5.91 Å². The van der Waals surface area contributed by atoms with Gasteiger partial charge in [0.15, 0.2) is 0 Å². The molecule has 1 aromatic heterocycles. The molecule has 1 aliphatic rings. The topological polar surface area (TPSA) is 52.5 Å². The summed E-state index contributed by atoms with van der Waals surface area (Å²) in [5.74, 6) is -0.494. The van der Waals surface area contributed by atoms with Crippen LogP contribution in [0.15, 0.2) is 54.6 Å². The molecule has 0 radical (unpaired) electrons. The van der Waals surface area contributed by atoms with Gasteiger partial charge in [-0.1, -0.05) is 36.4 Å². The first-order valence-corrected chi connectivity index (χ1v) is 9.01. The molecule has 1 aliphatic heterocycles. The molecule has 1 atom stereocenters. The number of fused-ring (bicyclic) bond motifs is 1. The molecule has 0 spiro atoms. The first-order chi connectivity index (χ1) is 13.2. The zero-order chi connectivity index (χ0) is 18.6. The van der Waals surface area contributed by atoms with Crippen molar-refractivity contribution in [3.05, 3.63) is 71.7 Å². The van der Waals surface area contributed by atoms with Crippen molar-refractivity contribution in [2.75, 3.05) is 26.4 Å².